The second kappa shape index (κ2) is 7.61. The van der Waals surface area contributed by atoms with Crippen LogP contribution in [0.15, 0.2) is 37.6 Å². The molecule has 21 heavy (non-hydrogen) atoms. The normalized spacial score (nSPS) is 12.6. The van der Waals surface area contributed by atoms with Gasteiger partial charge in [-0.25, -0.2) is 0 Å². The van der Waals surface area contributed by atoms with Gasteiger partial charge in [-0.3, -0.25) is 0 Å². The molecule has 0 saturated heterocycles. The molecular weight excluding hydrogens is 394 g/mol. The van der Waals surface area contributed by atoms with E-state index in [1.165, 1.54) is 5.56 Å². The fourth-order valence-corrected chi connectivity index (χ4v) is 4.13. The molecule has 0 saturated carbocycles. The van der Waals surface area contributed by atoms with Crippen LogP contribution in [0, 0.1) is 6.92 Å². The molecule has 1 atom stereocenters. The van der Waals surface area contributed by atoms with Gasteiger partial charge < -0.3 is 9.73 Å². The van der Waals surface area contributed by atoms with Gasteiger partial charge in [0.05, 0.1) is 0 Å². The first kappa shape index (κ1) is 16.8. The third-order valence-corrected chi connectivity index (χ3v) is 4.60. The van der Waals surface area contributed by atoms with Crippen molar-refractivity contribution < 1.29 is 4.42 Å². The first-order valence-corrected chi connectivity index (χ1v) is 8.88. The Morgan fingerprint density at radius 2 is 1.86 bits per heavy atom. The molecule has 2 nitrogen and oxygen atoms in total. The molecule has 1 unspecified atom stereocenters. The van der Waals surface area contributed by atoms with Gasteiger partial charge in [-0.05, 0) is 88.5 Å². The maximum Gasteiger partial charge on any atom is 0.136 e. The summed E-state index contributed by atoms with van der Waals surface area (Å²) >= 11 is 7.25. The van der Waals surface area contributed by atoms with Crippen LogP contribution in [0.3, 0.4) is 0 Å². The van der Waals surface area contributed by atoms with Crippen LogP contribution in [-0.2, 0) is 6.42 Å². The van der Waals surface area contributed by atoms with Crippen molar-refractivity contribution >= 4 is 31.9 Å². The fourth-order valence-electron chi connectivity index (χ4n) is 2.32. The second-order valence-electron chi connectivity index (χ2n) is 5.43. The number of aryl methyl sites for hydroxylation is 1. The van der Waals surface area contributed by atoms with Gasteiger partial charge in [0.1, 0.15) is 11.5 Å². The van der Waals surface area contributed by atoms with Crippen LogP contribution in [0.25, 0.3) is 11.3 Å². The zero-order valence-electron chi connectivity index (χ0n) is 12.7. The van der Waals surface area contributed by atoms with Crippen molar-refractivity contribution in [1.82, 2.24) is 5.32 Å². The van der Waals surface area contributed by atoms with E-state index in [1.54, 1.807) is 0 Å². The van der Waals surface area contributed by atoms with Crippen LogP contribution in [0.5, 0.6) is 0 Å². The van der Waals surface area contributed by atoms with E-state index in [-0.39, 0.29) is 0 Å². The second-order valence-corrected chi connectivity index (χ2v) is 7.14. The molecule has 0 bridgehead atoms. The van der Waals surface area contributed by atoms with Crippen LogP contribution < -0.4 is 5.32 Å². The summed E-state index contributed by atoms with van der Waals surface area (Å²) in [6.45, 7) is 7.49. The molecule has 2 aromatic rings. The van der Waals surface area contributed by atoms with E-state index in [2.05, 4.69) is 76.1 Å². The van der Waals surface area contributed by atoms with Crippen LogP contribution in [-0.4, -0.2) is 12.6 Å². The number of furan rings is 1. The first-order valence-electron chi connectivity index (χ1n) is 7.29. The Morgan fingerprint density at radius 3 is 2.48 bits per heavy atom. The predicted octanol–water partition coefficient (Wildman–Crippen LogP) is 5.71. The zero-order valence-corrected chi connectivity index (χ0v) is 15.8. The van der Waals surface area contributed by atoms with Gasteiger partial charge in [0, 0.05) is 27.0 Å². The predicted molar refractivity (Wildman–Crippen MR) is 95.7 cm³/mol. The molecule has 0 aliphatic rings. The Hall–Kier alpha value is -0.580. The molecule has 2 rings (SSSR count). The van der Waals surface area contributed by atoms with Crippen molar-refractivity contribution in [2.45, 2.75) is 39.7 Å². The van der Waals surface area contributed by atoms with Crippen molar-refractivity contribution in [3.63, 3.8) is 0 Å². The Morgan fingerprint density at radius 1 is 1.19 bits per heavy atom. The SMILES string of the molecule is CCCNC(C)Cc1ccc(-c2c(Br)cc(C)cc2Br)o1. The van der Waals surface area contributed by atoms with Crippen molar-refractivity contribution in [2.24, 2.45) is 0 Å². The molecule has 0 aliphatic heterocycles. The zero-order chi connectivity index (χ0) is 15.4. The largest absolute Gasteiger partial charge is 0.461 e. The topological polar surface area (TPSA) is 25.2 Å². The van der Waals surface area contributed by atoms with E-state index in [9.17, 15) is 0 Å². The fraction of sp³-hybridized carbons (Fsp3) is 0.412. The lowest BCUT2D eigenvalue weighted by molar-refractivity contribution is 0.464. The van der Waals surface area contributed by atoms with Gasteiger partial charge in [-0.1, -0.05) is 6.92 Å². The Bertz CT molecular complexity index is 584. The minimum atomic E-state index is 0.425. The number of nitrogens with one attached hydrogen (secondary N) is 1. The van der Waals surface area contributed by atoms with Crippen molar-refractivity contribution in [1.29, 1.82) is 0 Å². The summed E-state index contributed by atoms with van der Waals surface area (Å²) in [5, 5.41) is 3.48. The van der Waals surface area contributed by atoms with Crippen molar-refractivity contribution in [3.05, 3.63) is 44.5 Å². The van der Waals surface area contributed by atoms with Gasteiger partial charge in [0.15, 0.2) is 0 Å². The molecule has 0 aliphatic carbocycles. The highest BCUT2D eigenvalue weighted by Crippen LogP contribution is 2.37. The highest BCUT2D eigenvalue weighted by molar-refractivity contribution is 9.11. The Kier molecular flexibility index (Phi) is 6.08. The summed E-state index contributed by atoms with van der Waals surface area (Å²) in [6, 6.07) is 8.75. The molecule has 0 fully saturated rings. The van der Waals surface area contributed by atoms with Crippen LogP contribution in [0.4, 0.5) is 0 Å². The summed E-state index contributed by atoms with van der Waals surface area (Å²) in [6.07, 6.45) is 2.05. The molecule has 1 aromatic heterocycles. The van der Waals surface area contributed by atoms with Gasteiger partial charge in [-0.2, -0.15) is 0 Å². The summed E-state index contributed by atoms with van der Waals surface area (Å²) in [7, 11) is 0. The molecule has 4 heteroatoms. The third-order valence-electron chi connectivity index (χ3n) is 3.34. The van der Waals surface area contributed by atoms with Crippen LogP contribution in [0.2, 0.25) is 0 Å². The van der Waals surface area contributed by atoms with Crippen LogP contribution >= 0.6 is 31.9 Å². The lowest BCUT2D eigenvalue weighted by Gasteiger charge is -2.11. The smallest absolute Gasteiger partial charge is 0.136 e. The number of rotatable bonds is 6. The van der Waals surface area contributed by atoms with Gasteiger partial charge >= 0.3 is 0 Å². The van der Waals surface area contributed by atoms with E-state index in [0.29, 0.717) is 6.04 Å². The molecular formula is C17H21Br2NO. The average Bonchev–Trinajstić information content (AvgIpc) is 2.83. The van der Waals surface area contributed by atoms with E-state index >= 15 is 0 Å². The summed E-state index contributed by atoms with van der Waals surface area (Å²) in [5.41, 5.74) is 2.28. The van der Waals surface area contributed by atoms with Gasteiger partial charge in [0.2, 0.25) is 0 Å². The molecule has 0 spiro atoms. The van der Waals surface area contributed by atoms with Crippen LogP contribution in [0.1, 0.15) is 31.6 Å². The van der Waals surface area contributed by atoms with Gasteiger partial charge in [0.25, 0.3) is 0 Å². The third kappa shape index (κ3) is 4.44. The lowest BCUT2D eigenvalue weighted by Crippen LogP contribution is -2.28. The maximum absolute atomic E-state index is 6.02. The Labute approximate surface area is 143 Å². The first-order chi connectivity index (χ1) is 10.0. The summed E-state index contributed by atoms with van der Waals surface area (Å²) in [5.74, 6) is 1.91. The van der Waals surface area contributed by atoms with Crippen molar-refractivity contribution in [3.8, 4) is 11.3 Å². The van der Waals surface area contributed by atoms with E-state index in [0.717, 1.165) is 45.4 Å². The Balaban J connectivity index is 2.17. The van der Waals surface area contributed by atoms with E-state index < -0.39 is 0 Å². The average molecular weight is 415 g/mol. The molecule has 114 valence electrons. The molecule has 1 heterocycles. The highest BCUT2D eigenvalue weighted by Gasteiger charge is 2.14. The molecule has 1 aromatic carbocycles. The lowest BCUT2D eigenvalue weighted by atomic mass is 10.1. The minimum absolute atomic E-state index is 0.425. The summed E-state index contributed by atoms with van der Waals surface area (Å²) in [4.78, 5) is 0. The molecule has 1 N–H and O–H groups in total. The summed E-state index contributed by atoms with van der Waals surface area (Å²) < 4.78 is 8.12. The quantitative estimate of drug-likeness (QED) is 0.654. The standard InChI is InChI=1S/C17H21Br2NO/c1-4-7-20-12(3)10-13-5-6-16(21-13)17-14(18)8-11(2)9-15(17)19/h5-6,8-9,12,20H,4,7,10H2,1-3H3. The number of hydrogen-bond donors (Lipinski definition) is 1. The molecule has 0 amide bonds. The van der Waals surface area contributed by atoms with E-state index in [1.807, 2.05) is 6.07 Å². The van der Waals surface area contributed by atoms with Crippen molar-refractivity contribution in [2.75, 3.05) is 6.54 Å². The van der Waals surface area contributed by atoms with E-state index in [4.69, 9.17) is 4.42 Å². The monoisotopic (exact) mass is 413 g/mol. The number of halogens is 2. The van der Waals surface area contributed by atoms with Gasteiger partial charge in [-0.15, -0.1) is 0 Å². The molecule has 0 radical (unpaired) electrons. The minimum Gasteiger partial charge on any atom is -0.461 e. The highest BCUT2D eigenvalue weighted by atomic mass is 79.9. The number of benzene rings is 1. The maximum atomic E-state index is 6.02. The number of hydrogen-bond acceptors (Lipinski definition) is 2.